The van der Waals surface area contributed by atoms with E-state index in [9.17, 15) is 0 Å². The summed E-state index contributed by atoms with van der Waals surface area (Å²) in [7, 11) is 0. The van der Waals surface area contributed by atoms with E-state index in [1.54, 1.807) is 0 Å². The van der Waals surface area contributed by atoms with Gasteiger partial charge in [-0.3, -0.25) is 0 Å². The van der Waals surface area contributed by atoms with Crippen LogP contribution < -0.4 is 11.1 Å². The van der Waals surface area contributed by atoms with Crippen LogP contribution in [0.5, 0.6) is 0 Å². The van der Waals surface area contributed by atoms with E-state index in [1.807, 2.05) is 24.4 Å². The van der Waals surface area contributed by atoms with Gasteiger partial charge in [-0.05, 0) is 37.5 Å². The molecule has 1 saturated carbocycles. The van der Waals surface area contributed by atoms with Crippen LogP contribution in [0.3, 0.4) is 0 Å². The van der Waals surface area contributed by atoms with Crippen LogP contribution in [0, 0.1) is 0 Å². The van der Waals surface area contributed by atoms with Crippen LogP contribution in [0.1, 0.15) is 25.0 Å². The van der Waals surface area contributed by atoms with E-state index in [1.165, 1.54) is 19.3 Å². The molecule has 2 aromatic heterocycles. The Kier molecular flexibility index (Phi) is 2.88. The zero-order chi connectivity index (χ0) is 12.4. The molecule has 5 nitrogen and oxygen atoms in total. The van der Waals surface area contributed by atoms with Crippen LogP contribution >= 0.6 is 0 Å². The molecule has 2 heterocycles. The highest BCUT2D eigenvalue weighted by Crippen LogP contribution is 2.17. The zero-order valence-electron chi connectivity index (χ0n) is 10.2. The summed E-state index contributed by atoms with van der Waals surface area (Å²) in [5.41, 5.74) is 7.64. The van der Waals surface area contributed by atoms with Crippen molar-refractivity contribution in [3.63, 3.8) is 0 Å². The Morgan fingerprint density at radius 1 is 1.44 bits per heavy atom. The van der Waals surface area contributed by atoms with E-state index < -0.39 is 0 Å². The number of aromatic amines is 1. The summed E-state index contributed by atoms with van der Waals surface area (Å²) in [6.07, 6.45) is 5.57. The van der Waals surface area contributed by atoms with Gasteiger partial charge in [0, 0.05) is 17.6 Å². The maximum absolute atomic E-state index is 5.83. The van der Waals surface area contributed by atoms with Gasteiger partial charge in [0.2, 0.25) is 0 Å². The first kappa shape index (κ1) is 11.1. The molecule has 0 unspecified atom stereocenters. The van der Waals surface area contributed by atoms with Gasteiger partial charge in [-0.25, -0.2) is 9.98 Å². The first-order chi connectivity index (χ1) is 8.81. The monoisotopic (exact) mass is 243 g/mol. The van der Waals surface area contributed by atoms with Crippen LogP contribution in [0.25, 0.3) is 11.0 Å². The number of hydrogen-bond donors (Lipinski definition) is 3. The fourth-order valence-corrected chi connectivity index (χ4v) is 2.03. The van der Waals surface area contributed by atoms with Crippen LogP contribution in [0.15, 0.2) is 29.4 Å². The van der Waals surface area contributed by atoms with E-state index in [0.717, 1.165) is 16.7 Å². The molecule has 18 heavy (non-hydrogen) atoms. The highest BCUT2D eigenvalue weighted by Gasteiger charge is 2.17. The van der Waals surface area contributed by atoms with Gasteiger partial charge in [-0.2, -0.15) is 0 Å². The topological polar surface area (TPSA) is 79.1 Å². The third kappa shape index (κ3) is 2.30. The maximum atomic E-state index is 5.83. The minimum atomic E-state index is 0.514. The average molecular weight is 243 g/mol. The highest BCUT2D eigenvalue weighted by molar-refractivity contribution is 5.78. The summed E-state index contributed by atoms with van der Waals surface area (Å²) < 4.78 is 0. The van der Waals surface area contributed by atoms with Gasteiger partial charge in [0.25, 0.3) is 0 Å². The normalized spacial score (nSPS) is 16.8. The highest BCUT2D eigenvalue weighted by atomic mass is 15.1. The first-order valence-corrected chi connectivity index (χ1v) is 6.31. The Morgan fingerprint density at radius 2 is 2.33 bits per heavy atom. The number of nitrogens with two attached hydrogens (primary N) is 1. The molecule has 0 saturated heterocycles. The third-order valence-electron chi connectivity index (χ3n) is 3.34. The van der Waals surface area contributed by atoms with Gasteiger partial charge in [-0.1, -0.05) is 0 Å². The summed E-state index contributed by atoms with van der Waals surface area (Å²) in [6, 6.07) is 6.55. The van der Waals surface area contributed by atoms with E-state index in [-0.39, 0.29) is 0 Å². The van der Waals surface area contributed by atoms with E-state index >= 15 is 0 Å². The smallest absolute Gasteiger partial charge is 0.189 e. The molecule has 0 spiro atoms. The number of aromatic nitrogens is 2. The van der Waals surface area contributed by atoms with E-state index in [2.05, 4.69) is 20.3 Å². The summed E-state index contributed by atoms with van der Waals surface area (Å²) >= 11 is 0. The molecule has 1 fully saturated rings. The van der Waals surface area contributed by atoms with Crippen molar-refractivity contribution in [2.75, 3.05) is 0 Å². The van der Waals surface area contributed by atoms with Crippen molar-refractivity contribution in [1.29, 1.82) is 0 Å². The molecular formula is C13H17N5. The quantitative estimate of drug-likeness (QED) is 0.565. The molecule has 1 aliphatic carbocycles. The van der Waals surface area contributed by atoms with Gasteiger partial charge in [-0.15, -0.1) is 0 Å². The minimum Gasteiger partial charge on any atom is -0.370 e. The second-order valence-corrected chi connectivity index (χ2v) is 4.69. The van der Waals surface area contributed by atoms with Gasteiger partial charge in [0.1, 0.15) is 5.65 Å². The van der Waals surface area contributed by atoms with Crippen molar-refractivity contribution in [2.45, 2.75) is 31.8 Å². The number of aliphatic imine (C=N–C) groups is 1. The minimum absolute atomic E-state index is 0.514. The van der Waals surface area contributed by atoms with Gasteiger partial charge < -0.3 is 16.0 Å². The lowest BCUT2D eigenvalue weighted by Crippen LogP contribution is -2.43. The summed E-state index contributed by atoms with van der Waals surface area (Å²) in [6.45, 7) is 0.514. The predicted molar refractivity (Wildman–Crippen MR) is 72.2 cm³/mol. The molecule has 4 N–H and O–H groups in total. The van der Waals surface area contributed by atoms with Crippen LogP contribution in [-0.4, -0.2) is 22.0 Å². The Hall–Kier alpha value is -2.04. The molecule has 0 aliphatic heterocycles. The average Bonchev–Trinajstić information content (AvgIpc) is 2.78. The second-order valence-electron chi connectivity index (χ2n) is 4.69. The second kappa shape index (κ2) is 4.68. The molecular weight excluding hydrogens is 226 g/mol. The Morgan fingerprint density at radius 3 is 3.11 bits per heavy atom. The standard InChI is InChI=1S/C13H17N5/c14-13(18-10-2-1-3-10)16-8-11-5-4-9-6-7-15-12(9)17-11/h4-7,10H,1-3,8H2,(H,15,17)(H3,14,16,18). The number of pyridine rings is 1. The third-order valence-corrected chi connectivity index (χ3v) is 3.34. The molecule has 0 amide bonds. The van der Waals surface area contributed by atoms with Crippen molar-refractivity contribution < 1.29 is 0 Å². The fourth-order valence-electron chi connectivity index (χ4n) is 2.03. The van der Waals surface area contributed by atoms with E-state index in [4.69, 9.17) is 5.73 Å². The van der Waals surface area contributed by atoms with Gasteiger partial charge >= 0.3 is 0 Å². The molecule has 0 aromatic carbocycles. The van der Waals surface area contributed by atoms with Crippen molar-refractivity contribution in [1.82, 2.24) is 15.3 Å². The lowest BCUT2D eigenvalue weighted by molar-refractivity contribution is 0.382. The van der Waals surface area contributed by atoms with Crippen molar-refractivity contribution in [2.24, 2.45) is 10.7 Å². The predicted octanol–water partition coefficient (Wildman–Crippen LogP) is 1.52. The maximum Gasteiger partial charge on any atom is 0.189 e. The lowest BCUT2D eigenvalue weighted by atomic mass is 9.93. The van der Waals surface area contributed by atoms with Crippen molar-refractivity contribution >= 4 is 17.0 Å². The Labute approximate surface area is 106 Å². The fraction of sp³-hybridized carbons (Fsp3) is 0.385. The molecule has 1 aliphatic rings. The molecule has 3 rings (SSSR count). The van der Waals surface area contributed by atoms with Crippen LogP contribution in [-0.2, 0) is 6.54 Å². The molecule has 2 aromatic rings. The van der Waals surface area contributed by atoms with Crippen LogP contribution in [0.4, 0.5) is 0 Å². The molecule has 5 heteroatoms. The Balaban J connectivity index is 1.65. The van der Waals surface area contributed by atoms with Crippen molar-refractivity contribution in [3.05, 3.63) is 30.1 Å². The number of hydrogen-bond acceptors (Lipinski definition) is 2. The summed E-state index contributed by atoms with van der Waals surface area (Å²) in [4.78, 5) is 11.9. The van der Waals surface area contributed by atoms with E-state index in [0.29, 0.717) is 18.5 Å². The summed E-state index contributed by atoms with van der Waals surface area (Å²) in [5, 5.41) is 4.33. The molecule has 0 atom stereocenters. The number of nitrogens with zero attached hydrogens (tertiary/aromatic N) is 2. The number of rotatable bonds is 3. The number of nitrogens with one attached hydrogen (secondary N) is 2. The zero-order valence-corrected chi connectivity index (χ0v) is 10.2. The lowest BCUT2D eigenvalue weighted by Gasteiger charge is -2.26. The largest absolute Gasteiger partial charge is 0.370 e. The van der Waals surface area contributed by atoms with Gasteiger partial charge in [0.05, 0.1) is 12.2 Å². The number of guanidine groups is 1. The SMILES string of the molecule is NC(=NCc1ccc2cc[nH]c2n1)NC1CCC1. The van der Waals surface area contributed by atoms with Crippen molar-refractivity contribution in [3.8, 4) is 0 Å². The number of H-pyrrole nitrogens is 1. The molecule has 94 valence electrons. The number of fused-ring (bicyclic) bond motifs is 1. The Bertz CT molecular complexity index is 568. The van der Waals surface area contributed by atoms with Crippen LogP contribution in [0.2, 0.25) is 0 Å². The summed E-state index contributed by atoms with van der Waals surface area (Å²) in [5.74, 6) is 0.521. The van der Waals surface area contributed by atoms with Gasteiger partial charge in [0.15, 0.2) is 5.96 Å². The molecule has 0 bridgehead atoms. The first-order valence-electron chi connectivity index (χ1n) is 6.31. The molecule has 0 radical (unpaired) electrons.